The summed E-state index contributed by atoms with van der Waals surface area (Å²) >= 11 is 0. The van der Waals surface area contributed by atoms with Crippen LogP contribution in [0.1, 0.15) is 26.7 Å². The van der Waals surface area contributed by atoms with E-state index in [-0.39, 0.29) is 11.1 Å². The fourth-order valence-electron chi connectivity index (χ4n) is 2.15. The zero-order chi connectivity index (χ0) is 13.6. The normalized spacial score (nSPS) is 20.5. The molecule has 0 amide bonds. The van der Waals surface area contributed by atoms with Gasteiger partial charge in [-0.15, -0.1) is 0 Å². The summed E-state index contributed by atoms with van der Waals surface area (Å²) in [6.07, 6.45) is 1.84. The Morgan fingerprint density at radius 1 is 1.17 bits per heavy atom. The maximum atomic E-state index is 6.06. The molecule has 0 spiro atoms. The van der Waals surface area contributed by atoms with Gasteiger partial charge in [-0.05, 0) is 12.8 Å². The van der Waals surface area contributed by atoms with Crippen molar-refractivity contribution in [3.8, 4) is 0 Å². The molecular formula is C12H26O5Si. The minimum Gasteiger partial charge on any atom is -0.380 e. The lowest BCUT2D eigenvalue weighted by molar-refractivity contribution is -0.144. The van der Waals surface area contributed by atoms with Crippen molar-refractivity contribution < 1.29 is 22.8 Å². The monoisotopic (exact) mass is 278 g/mol. The lowest BCUT2D eigenvalue weighted by atomic mass is 9.84. The number of ether oxygens (including phenoxy) is 2. The summed E-state index contributed by atoms with van der Waals surface area (Å²) < 4.78 is 27.9. The van der Waals surface area contributed by atoms with Gasteiger partial charge in [0.2, 0.25) is 0 Å². The molecule has 0 aromatic heterocycles. The molecule has 0 bridgehead atoms. The van der Waals surface area contributed by atoms with Gasteiger partial charge < -0.3 is 22.8 Å². The van der Waals surface area contributed by atoms with Crippen LogP contribution in [0.25, 0.3) is 0 Å². The number of hydrogen-bond donors (Lipinski definition) is 0. The van der Waals surface area contributed by atoms with Crippen molar-refractivity contribution in [1.29, 1.82) is 0 Å². The molecule has 0 N–H and O–H groups in total. The van der Waals surface area contributed by atoms with E-state index in [9.17, 15) is 0 Å². The number of rotatable bonds is 9. The highest BCUT2D eigenvalue weighted by Gasteiger charge is 2.50. The van der Waals surface area contributed by atoms with Crippen molar-refractivity contribution >= 4 is 8.80 Å². The van der Waals surface area contributed by atoms with Crippen LogP contribution in [0.2, 0.25) is 0 Å². The Balaban J connectivity index is 2.66. The van der Waals surface area contributed by atoms with Crippen molar-refractivity contribution in [2.45, 2.75) is 32.4 Å². The van der Waals surface area contributed by atoms with Gasteiger partial charge >= 0.3 is 8.80 Å². The molecule has 1 fully saturated rings. The van der Waals surface area contributed by atoms with Gasteiger partial charge in [0.15, 0.2) is 0 Å². The highest BCUT2D eigenvalue weighted by Crippen LogP contribution is 2.33. The van der Waals surface area contributed by atoms with E-state index in [1.807, 2.05) is 6.92 Å². The maximum absolute atomic E-state index is 6.06. The molecule has 1 rings (SSSR count). The van der Waals surface area contributed by atoms with Gasteiger partial charge in [0.25, 0.3) is 0 Å². The van der Waals surface area contributed by atoms with Crippen LogP contribution in [-0.4, -0.2) is 55.7 Å². The molecule has 1 aliphatic heterocycles. The molecule has 6 heteroatoms. The third kappa shape index (κ3) is 3.12. The minimum absolute atomic E-state index is 0.123. The highest BCUT2D eigenvalue weighted by molar-refractivity contribution is 6.62. The lowest BCUT2D eigenvalue weighted by Gasteiger charge is -2.43. The molecular weight excluding hydrogens is 252 g/mol. The average molecular weight is 278 g/mol. The molecule has 1 saturated heterocycles. The molecule has 0 aliphatic carbocycles. The van der Waals surface area contributed by atoms with E-state index in [0.29, 0.717) is 6.61 Å². The van der Waals surface area contributed by atoms with Gasteiger partial charge in [-0.1, -0.05) is 13.8 Å². The fourth-order valence-corrected chi connectivity index (χ4v) is 4.56. The first kappa shape index (κ1) is 16.1. The molecule has 1 aliphatic rings. The van der Waals surface area contributed by atoms with E-state index in [2.05, 4.69) is 6.92 Å². The third-order valence-electron chi connectivity index (χ3n) is 3.76. The van der Waals surface area contributed by atoms with E-state index in [1.54, 1.807) is 21.3 Å². The summed E-state index contributed by atoms with van der Waals surface area (Å²) in [4.78, 5) is 0. The van der Waals surface area contributed by atoms with Crippen molar-refractivity contribution in [2.75, 3.05) is 41.2 Å². The second-order valence-electron chi connectivity index (χ2n) is 4.78. The van der Waals surface area contributed by atoms with Crippen LogP contribution in [0.5, 0.6) is 0 Å². The standard InChI is InChI=1S/C12H26O5Si/c1-6-11(13-3)18(14-4,15-5)17-10-12(7-2)8-16-9-12/h11H,6-10H2,1-5H3. The van der Waals surface area contributed by atoms with Gasteiger partial charge in [0.05, 0.1) is 13.2 Å². The molecule has 0 aromatic carbocycles. The van der Waals surface area contributed by atoms with E-state index in [1.165, 1.54) is 0 Å². The van der Waals surface area contributed by atoms with E-state index < -0.39 is 8.80 Å². The van der Waals surface area contributed by atoms with Crippen LogP contribution in [0.15, 0.2) is 0 Å². The quantitative estimate of drug-likeness (QED) is 0.600. The first-order valence-electron chi connectivity index (χ1n) is 6.46. The van der Waals surface area contributed by atoms with Crippen LogP contribution >= 0.6 is 0 Å². The van der Waals surface area contributed by atoms with Gasteiger partial charge in [0, 0.05) is 33.4 Å². The predicted molar refractivity (Wildman–Crippen MR) is 70.4 cm³/mol. The molecule has 18 heavy (non-hydrogen) atoms. The van der Waals surface area contributed by atoms with Gasteiger partial charge in [-0.2, -0.15) is 0 Å². The largest absolute Gasteiger partial charge is 0.530 e. The summed E-state index contributed by atoms with van der Waals surface area (Å²) in [5.41, 5.74) is 0.00356. The lowest BCUT2D eigenvalue weighted by Crippen LogP contribution is -2.58. The van der Waals surface area contributed by atoms with Gasteiger partial charge in [0.1, 0.15) is 5.73 Å². The Morgan fingerprint density at radius 2 is 1.78 bits per heavy atom. The average Bonchev–Trinajstić information content (AvgIpc) is 2.37. The minimum atomic E-state index is -2.76. The van der Waals surface area contributed by atoms with E-state index in [4.69, 9.17) is 22.8 Å². The Labute approximate surface area is 111 Å². The number of hydrogen-bond acceptors (Lipinski definition) is 5. The van der Waals surface area contributed by atoms with E-state index in [0.717, 1.165) is 26.1 Å². The van der Waals surface area contributed by atoms with E-state index >= 15 is 0 Å². The van der Waals surface area contributed by atoms with Gasteiger partial charge in [-0.3, -0.25) is 0 Å². The van der Waals surface area contributed by atoms with Crippen LogP contribution < -0.4 is 0 Å². The zero-order valence-electron chi connectivity index (χ0n) is 12.2. The Morgan fingerprint density at radius 3 is 2.06 bits per heavy atom. The topological polar surface area (TPSA) is 46.2 Å². The van der Waals surface area contributed by atoms with Crippen molar-refractivity contribution in [2.24, 2.45) is 5.41 Å². The smallest absolute Gasteiger partial charge is 0.380 e. The fraction of sp³-hybridized carbons (Fsp3) is 1.00. The summed E-state index contributed by atoms with van der Waals surface area (Å²) in [6, 6.07) is 0. The summed E-state index contributed by atoms with van der Waals surface area (Å²) in [5, 5.41) is 0. The molecule has 1 atom stereocenters. The van der Waals surface area contributed by atoms with Crippen molar-refractivity contribution in [1.82, 2.24) is 0 Å². The third-order valence-corrected chi connectivity index (χ3v) is 6.88. The molecule has 1 unspecified atom stereocenters. The summed E-state index contributed by atoms with van der Waals surface area (Å²) in [5.74, 6) is 0. The second kappa shape index (κ2) is 6.98. The number of methoxy groups -OCH3 is 1. The highest BCUT2D eigenvalue weighted by atomic mass is 28.4. The first-order valence-corrected chi connectivity index (χ1v) is 8.27. The summed E-state index contributed by atoms with van der Waals surface area (Å²) in [7, 11) is 2.17. The molecule has 1 heterocycles. The van der Waals surface area contributed by atoms with Gasteiger partial charge in [-0.25, -0.2) is 0 Å². The van der Waals surface area contributed by atoms with Crippen molar-refractivity contribution in [3.63, 3.8) is 0 Å². The Bertz CT molecular complexity index is 231. The second-order valence-corrected chi connectivity index (χ2v) is 7.74. The SMILES string of the molecule is CCC(OC)[Si](OC)(OC)OCC1(CC)COC1. The first-order chi connectivity index (χ1) is 8.62. The zero-order valence-corrected chi connectivity index (χ0v) is 13.2. The molecule has 108 valence electrons. The van der Waals surface area contributed by atoms with Crippen LogP contribution in [0, 0.1) is 5.41 Å². The molecule has 0 aromatic rings. The van der Waals surface area contributed by atoms with Crippen LogP contribution in [-0.2, 0) is 22.8 Å². The Kier molecular flexibility index (Phi) is 6.23. The van der Waals surface area contributed by atoms with Crippen molar-refractivity contribution in [3.05, 3.63) is 0 Å². The molecule has 0 radical (unpaired) electrons. The van der Waals surface area contributed by atoms with Crippen LogP contribution in [0.4, 0.5) is 0 Å². The van der Waals surface area contributed by atoms with Crippen LogP contribution in [0.3, 0.4) is 0 Å². The predicted octanol–water partition coefficient (Wildman–Crippen LogP) is 1.63. The molecule has 0 saturated carbocycles. The maximum Gasteiger partial charge on any atom is 0.530 e. The molecule has 5 nitrogen and oxygen atoms in total. The summed E-state index contributed by atoms with van der Waals surface area (Å²) in [6.45, 7) is 6.31. The Hall–Kier alpha value is 0.0169.